The average Bonchev–Trinajstić information content (AvgIpc) is 2.81. The lowest BCUT2D eigenvalue weighted by Crippen LogP contribution is -2.03. The summed E-state index contributed by atoms with van der Waals surface area (Å²) >= 11 is 0. The molecule has 0 aliphatic heterocycles. The number of nitrogens with one attached hydrogen (secondary N) is 2. The predicted octanol–water partition coefficient (Wildman–Crippen LogP) is 5.92. The van der Waals surface area contributed by atoms with Gasteiger partial charge in [-0.05, 0) is 55.5 Å². The number of para-hydroxylation sites is 2. The monoisotopic (exact) mass is 414 g/mol. The number of rotatable bonds is 10. The third-order valence-electron chi connectivity index (χ3n) is 4.66. The SMILES string of the molecule is CCOCCCOc1ccc(Nc2nc(Nc3ccccc3)c3ccccc3n2)cc1. The van der Waals surface area contributed by atoms with E-state index in [4.69, 9.17) is 14.5 Å². The zero-order valence-corrected chi connectivity index (χ0v) is 17.5. The quantitative estimate of drug-likeness (QED) is 0.314. The molecule has 0 aliphatic rings. The minimum atomic E-state index is 0.530. The minimum Gasteiger partial charge on any atom is -0.494 e. The van der Waals surface area contributed by atoms with Gasteiger partial charge in [0.25, 0.3) is 0 Å². The lowest BCUT2D eigenvalue weighted by atomic mass is 10.2. The van der Waals surface area contributed by atoms with Crippen LogP contribution in [0.2, 0.25) is 0 Å². The van der Waals surface area contributed by atoms with Crippen LogP contribution in [0.1, 0.15) is 13.3 Å². The van der Waals surface area contributed by atoms with E-state index in [2.05, 4.69) is 15.6 Å². The highest BCUT2D eigenvalue weighted by Gasteiger charge is 2.08. The average molecular weight is 415 g/mol. The fraction of sp³-hybridized carbons (Fsp3) is 0.200. The second kappa shape index (κ2) is 10.4. The summed E-state index contributed by atoms with van der Waals surface area (Å²) in [7, 11) is 0. The van der Waals surface area contributed by atoms with Gasteiger partial charge in [-0.2, -0.15) is 4.98 Å². The molecule has 0 spiro atoms. The molecule has 6 nitrogen and oxygen atoms in total. The molecule has 0 unspecified atom stereocenters. The Morgan fingerprint density at radius 1 is 0.742 bits per heavy atom. The smallest absolute Gasteiger partial charge is 0.229 e. The molecule has 0 saturated carbocycles. The van der Waals surface area contributed by atoms with E-state index in [-0.39, 0.29) is 0 Å². The third kappa shape index (κ3) is 5.71. The molecule has 31 heavy (non-hydrogen) atoms. The van der Waals surface area contributed by atoms with Gasteiger partial charge in [-0.3, -0.25) is 0 Å². The van der Waals surface area contributed by atoms with E-state index in [0.717, 1.165) is 53.5 Å². The first-order valence-corrected chi connectivity index (χ1v) is 10.5. The van der Waals surface area contributed by atoms with Crippen LogP contribution in [-0.2, 0) is 4.74 Å². The Hall–Kier alpha value is -3.64. The van der Waals surface area contributed by atoms with Gasteiger partial charge < -0.3 is 20.1 Å². The van der Waals surface area contributed by atoms with Crippen molar-refractivity contribution in [3.8, 4) is 5.75 Å². The van der Waals surface area contributed by atoms with Crippen LogP contribution in [0.15, 0.2) is 78.9 Å². The van der Waals surface area contributed by atoms with Gasteiger partial charge in [0.1, 0.15) is 11.6 Å². The molecule has 4 rings (SSSR count). The van der Waals surface area contributed by atoms with Crippen molar-refractivity contribution < 1.29 is 9.47 Å². The standard InChI is InChI=1S/C25H26N4O2/c1-2-30-17-8-18-31-21-15-13-20(14-16-21)27-25-28-23-12-7-6-11-22(23)24(29-25)26-19-9-4-3-5-10-19/h3-7,9-16H,2,8,17-18H2,1H3,(H2,26,27,28,29). The van der Waals surface area contributed by atoms with Gasteiger partial charge in [0.2, 0.25) is 5.95 Å². The van der Waals surface area contributed by atoms with Crippen molar-refractivity contribution in [2.45, 2.75) is 13.3 Å². The van der Waals surface area contributed by atoms with Gasteiger partial charge in [-0.15, -0.1) is 0 Å². The van der Waals surface area contributed by atoms with Crippen LogP contribution >= 0.6 is 0 Å². The van der Waals surface area contributed by atoms with Gasteiger partial charge >= 0.3 is 0 Å². The second-order valence-electron chi connectivity index (χ2n) is 6.95. The summed E-state index contributed by atoms with van der Waals surface area (Å²) in [4.78, 5) is 9.38. The van der Waals surface area contributed by atoms with Crippen LogP contribution < -0.4 is 15.4 Å². The van der Waals surface area contributed by atoms with Gasteiger partial charge in [-0.25, -0.2) is 4.98 Å². The molecule has 0 atom stereocenters. The number of anilines is 4. The Morgan fingerprint density at radius 2 is 1.48 bits per heavy atom. The molecule has 3 aromatic carbocycles. The van der Waals surface area contributed by atoms with Crippen LogP contribution in [0, 0.1) is 0 Å². The molecular weight excluding hydrogens is 388 g/mol. The summed E-state index contributed by atoms with van der Waals surface area (Å²) in [5.41, 5.74) is 2.73. The van der Waals surface area contributed by atoms with E-state index in [0.29, 0.717) is 12.6 Å². The maximum atomic E-state index is 5.75. The van der Waals surface area contributed by atoms with Crippen LogP contribution in [0.5, 0.6) is 5.75 Å². The maximum Gasteiger partial charge on any atom is 0.229 e. The summed E-state index contributed by atoms with van der Waals surface area (Å²) in [5, 5.41) is 7.66. The third-order valence-corrected chi connectivity index (χ3v) is 4.66. The highest BCUT2D eigenvalue weighted by Crippen LogP contribution is 2.26. The van der Waals surface area contributed by atoms with Crippen LogP contribution in [0.25, 0.3) is 10.9 Å². The van der Waals surface area contributed by atoms with Crippen LogP contribution in [-0.4, -0.2) is 29.8 Å². The molecule has 0 fully saturated rings. The molecule has 4 aromatic rings. The topological polar surface area (TPSA) is 68.3 Å². The fourth-order valence-electron chi connectivity index (χ4n) is 3.14. The zero-order valence-electron chi connectivity index (χ0n) is 17.5. The number of aromatic nitrogens is 2. The van der Waals surface area contributed by atoms with Crippen LogP contribution in [0.3, 0.4) is 0 Å². The van der Waals surface area contributed by atoms with Gasteiger partial charge in [0.15, 0.2) is 0 Å². The zero-order chi connectivity index (χ0) is 21.3. The summed E-state index contributed by atoms with van der Waals surface area (Å²) < 4.78 is 11.1. The first kappa shape index (κ1) is 20.6. The number of ether oxygens (including phenoxy) is 2. The van der Waals surface area contributed by atoms with E-state index in [1.165, 1.54) is 0 Å². The minimum absolute atomic E-state index is 0.530. The Labute approximate surface area is 182 Å². The predicted molar refractivity (Wildman–Crippen MR) is 126 cm³/mol. The molecule has 6 heteroatoms. The Kier molecular flexibility index (Phi) is 6.92. The summed E-state index contributed by atoms with van der Waals surface area (Å²) in [5.74, 6) is 2.11. The first-order valence-electron chi connectivity index (χ1n) is 10.5. The maximum absolute atomic E-state index is 5.75. The molecule has 1 heterocycles. The largest absolute Gasteiger partial charge is 0.494 e. The van der Waals surface area contributed by atoms with E-state index in [1.807, 2.05) is 85.8 Å². The Balaban J connectivity index is 1.48. The molecule has 158 valence electrons. The molecule has 0 saturated heterocycles. The van der Waals surface area contributed by atoms with E-state index in [9.17, 15) is 0 Å². The summed E-state index contributed by atoms with van der Waals surface area (Å²) in [6, 6.07) is 25.8. The van der Waals surface area contributed by atoms with Crippen molar-refractivity contribution in [1.82, 2.24) is 9.97 Å². The normalized spacial score (nSPS) is 10.7. The van der Waals surface area contributed by atoms with Crippen molar-refractivity contribution in [1.29, 1.82) is 0 Å². The van der Waals surface area contributed by atoms with Crippen LogP contribution in [0.4, 0.5) is 23.1 Å². The highest BCUT2D eigenvalue weighted by atomic mass is 16.5. The van der Waals surface area contributed by atoms with Crippen molar-refractivity contribution in [2.24, 2.45) is 0 Å². The lowest BCUT2D eigenvalue weighted by molar-refractivity contribution is 0.131. The number of fused-ring (bicyclic) bond motifs is 1. The van der Waals surface area contributed by atoms with Crippen molar-refractivity contribution in [2.75, 3.05) is 30.5 Å². The van der Waals surface area contributed by atoms with E-state index in [1.54, 1.807) is 0 Å². The Bertz CT molecular complexity index is 1100. The second-order valence-corrected chi connectivity index (χ2v) is 6.95. The molecule has 0 aliphatic carbocycles. The van der Waals surface area contributed by atoms with E-state index < -0.39 is 0 Å². The van der Waals surface area contributed by atoms with Gasteiger partial charge in [0.05, 0.1) is 12.1 Å². The molecule has 0 bridgehead atoms. The van der Waals surface area contributed by atoms with Gasteiger partial charge in [-0.1, -0.05) is 30.3 Å². The van der Waals surface area contributed by atoms with Gasteiger partial charge in [0, 0.05) is 36.4 Å². The number of hydrogen-bond acceptors (Lipinski definition) is 6. The molecule has 0 amide bonds. The molecule has 2 N–H and O–H groups in total. The number of hydrogen-bond donors (Lipinski definition) is 2. The summed E-state index contributed by atoms with van der Waals surface area (Å²) in [6.45, 7) is 4.08. The Morgan fingerprint density at radius 3 is 2.29 bits per heavy atom. The summed E-state index contributed by atoms with van der Waals surface area (Å²) in [6.07, 6.45) is 0.871. The van der Waals surface area contributed by atoms with E-state index >= 15 is 0 Å². The lowest BCUT2D eigenvalue weighted by Gasteiger charge is -2.12. The number of benzene rings is 3. The van der Waals surface area contributed by atoms with Crippen molar-refractivity contribution >= 4 is 34.0 Å². The number of nitrogens with zero attached hydrogens (tertiary/aromatic N) is 2. The highest BCUT2D eigenvalue weighted by molar-refractivity contribution is 5.91. The molecule has 0 radical (unpaired) electrons. The fourth-order valence-corrected chi connectivity index (χ4v) is 3.14. The molecule has 1 aromatic heterocycles. The first-order chi connectivity index (χ1) is 15.3. The molecular formula is C25H26N4O2. The van der Waals surface area contributed by atoms with Crippen molar-refractivity contribution in [3.05, 3.63) is 78.9 Å². The van der Waals surface area contributed by atoms with Crippen molar-refractivity contribution in [3.63, 3.8) is 0 Å².